The number of rotatable bonds is 2. The van der Waals surface area contributed by atoms with Crippen LogP contribution in [-0.4, -0.2) is 12.0 Å². The molecule has 0 unspecified atom stereocenters. The minimum atomic E-state index is 0.0394. The van der Waals surface area contributed by atoms with Crippen molar-refractivity contribution in [3.63, 3.8) is 0 Å². The number of benzene rings is 2. The van der Waals surface area contributed by atoms with E-state index in [9.17, 15) is 0 Å². The van der Waals surface area contributed by atoms with Crippen molar-refractivity contribution in [1.82, 2.24) is 4.98 Å². The van der Waals surface area contributed by atoms with Gasteiger partial charge in [0.1, 0.15) is 0 Å². The Morgan fingerprint density at radius 3 is 2.39 bits per heavy atom. The summed E-state index contributed by atoms with van der Waals surface area (Å²) >= 11 is 0. The predicted molar refractivity (Wildman–Crippen MR) is 96.3 cm³/mol. The quantitative estimate of drug-likeness (QED) is 0.650. The van der Waals surface area contributed by atoms with Gasteiger partial charge >= 0.3 is 0 Å². The fourth-order valence-electron chi connectivity index (χ4n) is 3.60. The Morgan fingerprint density at radius 1 is 0.826 bits per heavy atom. The molecule has 1 aliphatic rings. The molecule has 2 nitrogen and oxygen atoms in total. The number of fused-ring (bicyclic) bond motifs is 3. The van der Waals surface area contributed by atoms with Crippen LogP contribution in [0, 0.1) is 0 Å². The standard InChI is InChI=1S/C21H20N2/c1-21(2)19-9-5-4-8-17(19)18-11-10-15(13-20(18)21)23(3)16-7-6-12-22-14-16/h4-14H,1-3H3. The van der Waals surface area contributed by atoms with Gasteiger partial charge in [0.15, 0.2) is 0 Å². The number of nitrogens with zero attached hydrogens (tertiary/aromatic N) is 2. The molecule has 23 heavy (non-hydrogen) atoms. The summed E-state index contributed by atoms with van der Waals surface area (Å²) in [5.41, 5.74) is 7.86. The molecule has 0 N–H and O–H groups in total. The Bertz CT molecular complexity index is 866. The van der Waals surface area contributed by atoms with Gasteiger partial charge in [0, 0.05) is 24.3 Å². The Morgan fingerprint density at radius 2 is 1.61 bits per heavy atom. The Kier molecular flexibility index (Phi) is 3.02. The zero-order valence-corrected chi connectivity index (χ0v) is 13.7. The maximum Gasteiger partial charge on any atom is 0.0594 e. The average Bonchev–Trinajstić information content (AvgIpc) is 2.83. The van der Waals surface area contributed by atoms with E-state index in [1.165, 1.54) is 27.9 Å². The van der Waals surface area contributed by atoms with Gasteiger partial charge in [0.05, 0.1) is 11.9 Å². The summed E-state index contributed by atoms with van der Waals surface area (Å²) in [5.74, 6) is 0. The van der Waals surface area contributed by atoms with E-state index in [0.717, 1.165) is 5.69 Å². The van der Waals surface area contributed by atoms with Crippen LogP contribution in [-0.2, 0) is 5.41 Å². The molecule has 2 heteroatoms. The molecular formula is C21H20N2. The molecular weight excluding hydrogens is 280 g/mol. The van der Waals surface area contributed by atoms with Crippen LogP contribution in [0.1, 0.15) is 25.0 Å². The molecule has 0 saturated heterocycles. The number of anilines is 2. The zero-order chi connectivity index (χ0) is 16.0. The highest BCUT2D eigenvalue weighted by molar-refractivity contribution is 5.83. The molecule has 0 bridgehead atoms. The molecule has 4 rings (SSSR count). The molecule has 1 aliphatic carbocycles. The molecule has 114 valence electrons. The summed E-state index contributed by atoms with van der Waals surface area (Å²) in [4.78, 5) is 6.41. The van der Waals surface area contributed by atoms with Gasteiger partial charge < -0.3 is 4.90 Å². The van der Waals surface area contributed by atoms with Crippen LogP contribution in [0.4, 0.5) is 11.4 Å². The van der Waals surface area contributed by atoms with Crippen molar-refractivity contribution in [1.29, 1.82) is 0 Å². The third-order valence-corrected chi connectivity index (χ3v) is 4.99. The molecule has 0 fully saturated rings. The first-order valence-electron chi connectivity index (χ1n) is 7.97. The fourth-order valence-corrected chi connectivity index (χ4v) is 3.60. The van der Waals surface area contributed by atoms with Crippen molar-refractivity contribution in [2.75, 3.05) is 11.9 Å². The van der Waals surface area contributed by atoms with Crippen molar-refractivity contribution in [2.45, 2.75) is 19.3 Å². The lowest BCUT2D eigenvalue weighted by Crippen LogP contribution is -2.16. The summed E-state index contributed by atoms with van der Waals surface area (Å²) in [5, 5.41) is 0. The summed E-state index contributed by atoms with van der Waals surface area (Å²) in [6.45, 7) is 4.62. The van der Waals surface area contributed by atoms with E-state index in [4.69, 9.17) is 0 Å². The number of aromatic nitrogens is 1. The average molecular weight is 300 g/mol. The van der Waals surface area contributed by atoms with Gasteiger partial charge in [-0.25, -0.2) is 0 Å². The zero-order valence-electron chi connectivity index (χ0n) is 13.7. The van der Waals surface area contributed by atoms with Gasteiger partial charge in [-0.1, -0.05) is 44.2 Å². The lowest BCUT2D eigenvalue weighted by molar-refractivity contribution is 0.660. The first-order chi connectivity index (χ1) is 11.1. The van der Waals surface area contributed by atoms with Gasteiger partial charge in [0.2, 0.25) is 0 Å². The van der Waals surface area contributed by atoms with E-state index in [-0.39, 0.29) is 5.41 Å². The lowest BCUT2D eigenvalue weighted by Gasteiger charge is -2.24. The second kappa shape index (κ2) is 4.95. The number of hydrogen-bond acceptors (Lipinski definition) is 2. The van der Waals surface area contributed by atoms with Crippen LogP contribution < -0.4 is 4.90 Å². The van der Waals surface area contributed by atoms with E-state index in [1.807, 2.05) is 12.3 Å². The third kappa shape index (κ3) is 2.06. The third-order valence-electron chi connectivity index (χ3n) is 4.99. The summed E-state index contributed by atoms with van der Waals surface area (Å²) in [7, 11) is 2.09. The molecule has 0 saturated carbocycles. The van der Waals surface area contributed by atoms with Crippen LogP contribution in [0.3, 0.4) is 0 Å². The topological polar surface area (TPSA) is 16.1 Å². The predicted octanol–water partition coefficient (Wildman–Crippen LogP) is 5.16. The maximum absolute atomic E-state index is 4.22. The van der Waals surface area contributed by atoms with Crippen molar-refractivity contribution >= 4 is 11.4 Å². The van der Waals surface area contributed by atoms with E-state index < -0.39 is 0 Å². The monoisotopic (exact) mass is 300 g/mol. The molecule has 0 atom stereocenters. The Hall–Kier alpha value is -2.61. The minimum absolute atomic E-state index is 0.0394. The van der Waals surface area contributed by atoms with Crippen LogP contribution in [0.5, 0.6) is 0 Å². The Labute approximate surface area is 137 Å². The maximum atomic E-state index is 4.22. The number of hydrogen-bond donors (Lipinski definition) is 0. The molecule has 0 spiro atoms. The van der Waals surface area contributed by atoms with Crippen LogP contribution in [0.15, 0.2) is 67.0 Å². The van der Waals surface area contributed by atoms with Crippen LogP contribution in [0.2, 0.25) is 0 Å². The van der Waals surface area contributed by atoms with Crippen molar-refractivity contribution in [2.24, 2.45) is 0 Å². The van der Waals surface area contributed by atoms with E-state index in [1.54, 1.807) is 6.20 Å². The second-order valence-corrected chi connectivity index (χ2v) is 6.67. The van der Waals surface area contributed by atoms with E-state index in [2.05, 4.69) is 79.3 Å². The molecule has 0 amide bonds. The summed E-state index contributed by atoms with van der Waals surface area (Å²) in [6.07, 6.45) is 3.70. The van der Waals surface area contributed by atoms with Crippen molar-refractivity contribution in [3.05, 3.63) is 78.1 Å². The first-order valence-corrected chi connectivity index (χ1v) is 7.97. The molecule has 3 aromatic rings. The normalized spacial score (nSPS) is 14.2. The molecule has 0 aliphatic heterocycles. The van der Waals surface area contributed by atoms with Gasteiger partial charge in [-0.3, -0.25) is 4.98 Å². The number of pyridine rings is 1. The molecule has 0 radical (unpaired) electrons. The summed E-state index contributed by atoms with van der Waals surface area (Å²) in [6, 6.07) is 19.6. The van der Waals surface area contributed by atoms with Crippen molar-refractivity contribution in [3.8, 4) is 11.1 Å². The largest absolute Gasteiger partial charge is 0.343 e. The molecule has 1 aromatic heterocycles. The SMILES string of the molecule is CN(c1cccnc1)c1ccc2c(c1)C(C)(C)c1ccccc1-2. The van der Waals surface area contributed by atoms with E-state index in [0.29, 0.717) is 0 Å². The highest BCUT2D eigenvalue weighted by Gasteiger charge is 2.35. The highest BCUT2D eigenvalue weighted by atomic mass is 15.1. The summed E-state index contributed by atoms with van der Waals surface area (Å²) < 4.78 is 0. The minimum Gasteiger partial charge on any atom is -0.343 e. The second-order valence-electron chi connectivity index (χ2n) is 6.67. The highest BCUT2D eigenvalue weighted by Crippen LogP contribution is 2.49. The fraction of sp³-hybridized carbons (Fsp3) is 0.190. The van der Waals surface area contributed by atoms with Crippen LogP contribution in [0.25, 0.3) is 11.1 Å². The molecule has 2 aromatic carbocycles. The van der Waals surface area contributed by atoms with Crippen molar-refractivity contribution < 1.29 is 0 Å². The van der Waals surface area contributed by atoms with Gasteiger partial charge in [-0.15, -0.1) is 0 Å². The first kappa shape index (κ1) is 14.0. The van der Waals surface area contributed by atoms with Crippen LogP contribution >= 0.6 is 0 Å². The van der Waals surface area contributed by atoms with Gasteiger partial charge in [-0.05, 0) is 46.5 Å². The Balaban J connectivity index is 1.83. The lowest BCUT2D eigenvalue weighted by atomic mass is 9.82. The smallest absolute Gasteiger partial charge is 0.0594 e. The van der Waals surface area contributed by atoms with Gasteiger partial charge in [0.25, 0.3) is 0 Å². The van der Waals surface area contributed by atoms with E-state index >= 15 is 0 Å². The molecule has 1 heterocycles. The van der Waals surface area contributed by atoms with Gasteiger partial charge in [-0.2, -0.15) is 0 Å².